The molecule has 1 aromatic carbocycles. The Bertz CT molecular complexity index is 506. The normalized spacial score (nSPS) is 11.7. The fourth-order valence-electron chi connectivity index (χ4n) is 1.49. The molecule has 0 heterocycles. The van der Waals surface area contributed by atoms with Gasteiger partial charge in [-0.05, 0) is 48.0 Å². The van der Waals surface area contributed by atoms with E-state index >= 15 is 0 Å². The molecule has 0 aliphatic heterocycles. The first-order chi connectivity index (χ1) is 8.86. The predicted octanol–water partition coefficient (Wildman–Crippen LogP) is 2.19. The summed E-state index contributed by atoms with van der Waals surface area (Å²) < 4.78 is 13.7. The van der Waals surface area contributed by atoms with E-state index in [9.17, 15) is 9.18 Å². The van der Waals surface area contributed by atoms with Crippen molar-refractivity contribution in [1.29, 1.82) is 0 Å². The number of amidine groups is 1. The first-order valence-electron chi connectivity index (χ1n) is 5.59. The highest BCUT2D eigenvalue weighted by Crippen LogP contribution is 2.18. The molecule has 1 aromatic rings. The number of carbonyl (C=O) groups is 1. The van der Waals surface area contributed by atoms with Gasteiger partial charge in [-0.1, -0.05) is 5.16 Å². The molecular weight excluding hydrogens is 317 g/mol. The zero-order chi connectivity index (χ0) is 14.6. The van der Waals surface area contributed by atoms with Gasteiger partial charge in [0.05, 0.1) is 11.0 Å². The van der Waals surface area contributed by atoms with Crippen molar-refractivity contribution in [3.63, 3.8) is 0 Å². The van der Waals surface area contributed by atoms with Crippen molar-refractivity contribution in [2.24, 2.45) is 10.9 Å². The lowest BCUT2D eigenvalue weighted by Crippen LogP contribution is -2.42. The molecule has 0 atom stereocenters. The third kappa shape index (κ3) is 3.92. The van der Waals surface area contributed by atoms with Gasteiger partial charge in [0.2, 0.25) is 0 Å². The smallest absolute Gasteiger partial charge is 0.254 e. The summed E-state index contributed by atoms with van der Waals surface area (Å²) in [5.41, 5.74) is 5.61. The number of nitrogens with zero attached hydrogens (tertiary/aromatic N) is 2. The Hall–Kier alpha value is -1.63. The summed E-state index contributed by atoms with van der Waals surface area (Å²) in [5, 5.41) is 11.4. The maximum atomic E-state index is 13.4. The monoisotopic (exact) mass is 331 g/mol. The van der Waals surface area contributed by atoms with Gasteiger partial charge in [-0.25, -0.2) is 4.39 Å². The second kappa shape index (κ2) is 6.51. The summed E-state index contributed by atoms with van der Waals surface area (Å²) in [7, 11) is 0. The average molecular weight is 332 g/mol. The number of halogens is 2. The van der Waals surface area contributed by atoms with E-state index in [1.165, 1.54) is 17.0 Å². The Morgan fingerprint density at radius 2 is 2.21 bits per heavy atom. The van der Waals surface area contributed by atoms with Crippen LogP contribution in [-0.4, -0.2) is 34.4 Å². The minimum Gasteiger partial charge on any atom is -0.409 e. The van der Waals surface area contributed by atoms with Crippen LogP contribution in [0.25, 0.3) is 0 Å². The van der Waals surface area contributed by atoms with E-state index < -0.39 is 5.82 Å². The van der Waals surface area contributed by atoms with Crippen molar-refractivity contribution in [2.75, 3.05) is 6.54 Å². The van der Waals surface area contributed by atoms with Gasteiger partial charge in [0, 0.05) is 11.6 Å². The molecule has 0 spiro atoms. The van der Waals surface area contributed by atoms with Crippen LogP contribution < -0.4 is 5.73 Å². The Labute approximate surface area is 119 Å². The number of carbonyl (C=O) groups excluding carboxylic acids is 1. The molecule has 0 radical (unpaired) electrons. The molecule has 104 valence electrons. The van der Waals surface area contributed by atoms with E-state index in [0.717, 1.165) is 6.07 Å². The fraction of sp³-hybridized carbons (Fsp3) is 0.333. The lowest BCUT2D eigenvalue weighted by atomic mass is 10.1. The summed E-state index contributed by atoms with van der Waals surface area (Å²) in [6.45, 7) is 3.56. The lowest BCUT2D eigenvalue weighted by molar-refractivity contribution is 0.0733. The van der Waals surface area contributed by atoms with Crippen LogP contribution >= 0.6 is 15.9 Å². The fourth-order valence-corrected chi connectivity index (χ4v) is 1.74. The second-order valence-corrected chi connectivity index (χ2v) is 5.10. The maximum Gasteiger partial charge on any atom is 0.254 e. The van der Waals surface area contributed by atoms with Crippen molar-refractivity contribution < 1.29 is 14.4 Å². The Kier molecular flexibility index (Phi) is 5.29. The number of hydrogen-bond acceptors (Lipinski definition) is 3. The van der Waals surface area contributed by atoms with Crippen molar-refractivity contribution in [1.82, 2.24) is 4.90 Å². The molecule has 1 rings (SSSR count). The van der Waals surface area contributed by atoms with Crippen LogP contribution in [0, 0.1) is 5.82 Å². The SMILES string of the molecule is CC(C)N(CC(N)=NO)C(=O)c1ccc(Br)c(F)c1. The molecule has 0 saturated heterocycles. The standard InChI is InChI=1S/C12H15BrFN3O2/c1-7(2)17(6-11(15)16-19)12(18)8-3-4-9(13)10(14)5-8/h3-5,7,19H,6H2,1-2H3,(H2,15,16). The molecule has 3 N–H and O–H groups in total. The highest BCUT2D eigenvalue weighted by molar-refractivity contribution is 9.10. The Morgan fingerprint density at radius 3 is 2.68 bits per heavy atom. The number of oxime groups is 1. The van der Waals surface area contributed by atoms with Gasteiger partial charge < -0.3 is 15.8 Å². The number of nitrogens with two attached hydrogens (primary N) is 1. The second-order valence-electron chi connectivity index (χ2n) is 4.25. The summed E-state index contributed by atoms with van der Waals surface area (Å²) >= 11 is 3.02. The zero-order valence-corrected chi connectivity index (χ0v) is 12.2. The molecular formula is C12H15BrFN3O2. The van der Waals surface area contributed by atoms with Gasteiger partial charge in [0.25, 0.3) is 5.91 Å². The van der Waals surface area contributed by atoms with Crippen LogP contribution in [-0.2, 0) is 0 Å². The molecule has 0 bridgehead atoms. The molecule has 0 aromatic heterocycles. The molecule has 0 aliphatic carbocycles. The van der Waals surface area contributed by atoms with E-state index in [1.54, 1.807) is 13.8 Å². The molecule has 5 nitrogen and oxygen atoms in total. The number of amides is 1. The zero-order valence-electron chi connectivity index (χ0n) is 10.6. The molecule has 19 heavy (non-hydrogen) atoms. The van der Waals surface area contributed by atoms with E-state index in [0.29, 0.717) is 0 Å². The van der Waals surface area contributed by atoms with E-state index in [-0.39, 0.29) is 34.4 Å². The lowest BCUT2D eigenvalue weighted by Gasteiger charge is -2.26. The summed E-state index contributed by atoms with van der Waals surface area (Å²) in [4.78, 5) is 13.6. The van der Waals surface area contributed by atoms with Gasteiger partial charge in [0.1, 0.15) is 5.82 Å². The van der Waals surface area contributed by atoms with Crippen LogP contribution in [0.2, 0.25) is 0 Å². The van der Waals surface area contributed by atoms with Gasteiger partial charge in [-0.3, -0.25) is 4.79 Å². The van der Waals surface area contributed by atoms with Crippen LogP contribution in [0.4, 0.5) is 4.39 Å². The summed E-state index contributed by atoms with van der Waals surface area (Å²) in [6, 6.07) is 3.95. The van der Waals surface area contributed by atoms with Gasteiger partial charge in [0.15, 0.2) is 5.84 Å². The Balaban J connectivity index is 3.02. The topological polar surface area (TPSA) is 78.9 Å². The van der Waals surface area contributed by atoms with E-state index in [1.807, 2.05) is 0 Å². The number of rotatable bonds is 4. The van der Waals surface area contributed by atoms with Gasteiger partial charge >= 0.3 is 0 Å². The maximum absolute atomic E-state index is 13.4. The highest BCUT2D eigenvalue weighted by Gasteiger charge is 2.20. The highest BCUT2D eigenvalue weighted by atomic mass is 79.9. The van der Waals surface area contributed by atoms with Crippen molar-refractivity contribution in [2.45, 2.75) is 19.9 Å². The van der Waals surface area contributed by atoms with Gasteiger partial charge in [-0.15, -0.1) is 0 Å². The minimum absolute atomic E-state index is 0.0231. The molecule has 0 saturated carbocycles. The van der Waals surface area contributed by atoms with Crippen LogP contribution in [0.15, 0.2) is 27.8 Å². The minimum atomic E-state index is -0.515. The first kappa shape index (κ1) is 15.4. The summed E-state index contributed by atoms with van der Waals surface area (Å²) in [6.07, 6.45) is 0. The average Bonchev–Trinajstić information content (AvgIpc) is 2.37. The third-order valence-electron chi connectivity index (χ3n) is 2.51. The molecule has 0 aliphatic rings. The van der Waals surface area contributed by atoms with E-state index in [2.05, 4.69) is 21.1 Å². The molecule has 1 amide bonds. The van der Waals surface area contributed by atoms with Crippen molar-refractivity contribution in [3.8, 4) is 0 Å². The Morgan fingerprint density at radius 1 is 1.58 bits per heavy atom. The molecule has 0 unspecified atom stereocenters. The van der Waals surface area contributed by atoms with Crippen LogP contribution in [0.5, 0.6) is 0 Å². The third-order valence-corrected chi connectivity index (χ3v) is 3.15. The number of benzene rings is 1. The van der Waals surface area contributed by atoms with Crippen molar-refractivity contribution in [3.05, 3.63) is 34.1 Å². The van der Waals surface area contributed by atoms with Crippen LogP contribution in [0.1, 0.15) is 24.2 Å². The summed E-state index contributed by atoms with van der Waals surface area (Å²) in [5.74, 6) is -0.981. The largest absolute Gasteiger partial charge is 0.409 e. The number of hydrogen-bond donors (Lipinski definition) is 2. The van der Waals surface area contributed by atoms with E-state index in [4.69, 9.17) is 10.9 Å². The first-order valence-corrected chi connectivity index (χ1v) is 6.38. The van der Waals surface area contributed by atoms with Crippen LogP contribution in [0.3, 0.4) is 0 Å². The predicted molar refractivity (Wildman–Crippen MR) is 73.7 cm³/mol. The quantitative estimate of drug-likeness (QED) is 0.384. The van der Waals surface area contributed by atoms with Gasteiger partial charge in [-0.2, -0.15) is 0 Å². The molecule has 7 heteroatoms. The molecule has 0 fully saturated rings. The van der Waals surface area contributed by atoms with Crippen molar-refractivity contribution >= 4 is 27.7 Å².